The van der Waals surface area contributed by atoms with Crippen molar-refractivity contribution in [1.29, 1.82) is 0 Å². The monoisotopic (exact) mass is 308 g/mol. The van der Waals surface area contributed by atoms with Crippen molar-refractivity contribution >= 4 is 28.4 Å². The van der Waals surface area contributed by atoms with Crippen LogP contribution in [0, 0.1) is 0 Å². The highest BCUT2D eigenvalue weighted by Crippen LogP contribution is 2.23. The van der Waals surface area contributed by atoms with Crippen LogP contribution in [0.2, 0.25) is 5.02 Å². The zero-order valence-electron chi connectivity index (χ0n) is 12.2. The Bertz CT molecular complexity index is 595. The molecule has 0 radical (unpaired) electrons. The highest BCUT2D eigenvalue weighted by Gasteiger charge is 2.10. The number of rotatable bonds is 8. The number of carbonyl (C=O) groups is 1. The molecular weight excluding hydrogens is 288 g/mol. The first kappa shape index (κ1) is 15.9. The Morgan fingerprint density at radius 2 is 2.14 bits per heavy atom. The molecule has 0 atom stereocenters. The number of aromatic amines is 1. The second-order valence-electron chi connectivity index (χ2n) is 4.96. The van der Waals surface area contributed by atoms with Crippen LogP contribution in [0.5, 0.6) is 0 Å². The summed E-state index contributed by atoms with van der Waals surface area (Å²) < 4.78 is 5.45. The van der Waals surface area contributed by atoms with Crippen molar-refractivity contribution in [3.63, 3.8) is 0 Å². The van der Waals surface area contributed by atoms with Crippen molar-refractivity contribution < 1.29 is 9.53 Å². The number of benzene rings is 1. The van der Waals surface area contributed by atoms with Crippen LogP contribution >= 0.6 is 11.6 Å². The zero-order valence-corrected chi connectivity index (χ0v) is 13.0. The van der Waals surface area contributed by atoms with Gasteiger partial charge in [0.1, 0.15) is 5.69 Å². The molecule has 0 saturated heterocycles. The molecule has 0 bridgehead atoms. The number of carbonyl (C=O) groups excluding carboxylic acids is 1. The van der Waals surface area contributed by atoms with Gasteiger partial charge in [-0.1, -0.05) is 37.1 Å². The average Bonchev–Trinajstić information content (AvgIpc) is 2.92. The molecule has 2 rings (SSSR count). The van der Waals surface area contributed by atoms with Crippen LogP contribution in [0.3, 0.4) is 0 Å². The van der Waals surface area contributed by atoms with Crippen LogP contribution in [0.25, 0.3) is 10.9 Å². The van der Waals surface area contributed by atoms with Gasteiger partial charge in [-0.25, -0.2) is 0 Å². The molecule has 0 unspecified atom stereocenters. The van der Waals surface area contributed by atoms with Crippen LogP contribution in [0.4, 0.5) is 0 Å². The average molecular weight is 309 g/mol. The molecule has 2 aromatic rings. The summed E-state index contributed by atoms with van der Waals surface area (Å²) >= 11 is 6.08. The van der Waals surface area contributed by atoms with E-state index in [2.05, 4.69) is 17.2 Å². The summed E-state index contributed by atoms with van der Waals surface area (Å²) in [6.07, 6.45) is 3.04. The van der Waals surface area contributed by atoms with E-state index in [1.807, 2.05) is 18.2 Å². The predicted octanol–water partition coefficient (Wildman–Crippen LogP) is 3.76. The number of para-hydroxylation sites is 1. The Labute approximate surface area is 129 Å². The Balaban J connectivity index is 1.78. The quantitative estimate of drug-likeness (QED) is 0.730. The van der Waals surface area contributed by atoms with Gasteiger partial charge in [-0.3, -0.25) is 4.79 Å². The molecule has 114 valence electrons. The SMILES string of the molecule is CCCCOCCCNC(=O)c1cc2cccc(Cl)c2[nH]1. The summed E-state index contributed by atoms with van der Waals surface area (Å²) in [5, 5.41) is 4.44. The van der Waals surface area contributed by atoms with Crippen molar-refractivity contribution in [1.82, 2.24) is 10.3 Å². The normalized spacial score (nSPS) is 11.0. The first-order chi connectivity index (χ1) is 10.2. The lowest BCUT2D eigenvalue weighted by molar-refractivity contribution is 0.0936. The fourth-order valence-corrected chi connectivity index (χ4v) is 2.29. The van der Waals surface area contributed by atoms with E-state index >= 15 is 0 Å². The first-order valence-corrected chi connectivity index (χ1v) is 7.73. The van der Waals surface area contributed by atoms with Crippen molar-refractivity contribution in [3.8, 4) is 0 Å². The van der Waals surface area contributed by atoms with Gasteiger partial charge in [-0.05, 0) is 25.0 Å². The minimum absolute atomic E-state index is 0.115. The van der Waals surface area contributed by atoms with Gasteiger partial charge in [-0.15, -0.1) is 0 Å². The molecule has 0 spiro atoms. The number of fused-ring (bicyclic) bond motifs is 1. The molecule has 1 amide bonds. The van der Waals surface area contributed by atoms with Gasteiger partial charge < -0.3 is 15.0 Å². The smallest absolute Gasteiger partial charge is 0.267 e. The van der Waals surface area contributed by atoms with E-state index in [4.69, 9.17) is 16.3 Å². The lowest BCUT2D eigenvalue weighted by Crippen LogP contribution is -2.25. The summed E-state index contributed by atoms with van der Waals surface area (Å²) in [7, 11) is 0. The first-order valence-electron chi connectivity index (χ1n) is 7.35. The van der Waals surface area contributed by atoms with Crippen LogP contribution in [0.1, 0.15) is 36.7 Å². The third kappa shape index (κ3) is 4.48. The van der Waals surface area contributed by atoms with Crippen LogP contribution < -0.4 is 5.32 Å². The van der Waals surface area contributed by atoms with Gasteiger partial charge in [0.15, 0.2) is 0 Å². The molecule has 21 heavy (non-hydrogen) atoms. The van der Waals surface area contributed by atoms with Crippen molar-refractivity contribution in [2.75, 3.05) is 19.8 Å². The number of hydrogen-bond donors (Lipinski definition) is 2. The summed E-state index contributed by atoms with van der Waals surface area (Å²) in [6.45, 7) is 4.22. The Kier molecular flexibility index (Phi) is 6.08. The molecule has 1 aromatic heterocycles. The van der Waals surface area contributed by atoms with Crippen LogP contribution in [-0.4, -0.2) is 30.6 Å². The van der Waals surface area contributed by atoms with Crippen LogP contribution in [-0.2, 0) is 4.74 Å². The molecule has 0 aliphatic heterocycles. The van der Waals surface area contributed by atoms with Crippen molar-refractivity contribution in [2.45, 2.75) is 26.2 Å². The van der Waals surface area contributed by atoms with Crippen LogP contribution in [0.15, 0.2) is 24.3 Å². The maximum Gasteiger partial charge on any atom is 0.267 e. The zero-order chi connectivity index (χ0) is 15.1. The molecule has 1 aromatic carbocycles. The maximum absolute atomic E-state index is 12.0. The molecule has 5 heteroatoms. The van der Waals surface area contributed by atoms with Gasteiger partial charge in [-0.2, -0.15) is 0 Å². The topological polar surface area (TPSA) is 54.1 Å². The number of ether oxygens (including phenoxy) is 1. The molecular formula is C16H21ClN2O2. The molecule has 0 aliphatic carbocycles. The summed E-state index contributed by atoms with van der Waals surface area (Å²) in [5.74, 6) is -0.115. The Morgan fingerprint density at radius 3 is 2.90 bits per heavy atom. The van der Waals surface area contributed by atoms with Crippen molar-refractivity contribution in [3.05, 3.63) is 35.0 Å². The lowest BCUT2D eigenvalue weighted by atomic mass is 10.2. The van der Waals surface area contributed by atoms with E-state index < -0.39 is 0 Å². The van der Waals surface area contributed by atoms with E-state index in [1.165, 1.54) is 0 Å². The number of aromatic nitrogens is 1. The number of hydrogen-bond acceptors (Lipinski definition) is 2. The summed E-state index contributed by atoms with van der Waals surface area (Å²) in [5.41, 5.74) is 1.33. The fourth-order valence-electron chi connectivity index (χ4n) is 2.06. The van der Waals surface area contributed by atoms with Gasteiger partial charge in [0.05, 0.1) is 10.5 Å². The highest BCUT2D eigenvalue weighted by atomic mass is 35.5. The number of amides is 1. The maximum atomic E-state index is 12.0. The predicted molar refractivity (Wildman–Crippen MR) is 86.0 cm³/mol. The van der Waals surface area contributed by atoms with E-state index in [0.717, 1.165) is 36.8 Å². The van der Waals surface area contributed by atoms with Gasteiger partial charge >= 0.3 is 0 Å². The number of nitrogens with one attached hydrogen (secondary N) is 2. The minimum Gasteiger partial charge on any atom is -0.381 e. The number of halogens is 1. The third-order valence-corrected chi connectivity index (χ3v) is 3.56. The minimum atomic E-state index is -0.115. The van der Waals surface area contributed by atoms with Gasteiger partial charge in [0, 0.05) is 25.1 Å². The summed E-state index contributed by atoms with van der Waals surface area (Å²) in [4.78, 5) is 15.1. The lowest BCUT2D eigenvalue weighted by Gasteiger charge is -2.05. The summed E-state index contributed by atoms with van der Waals surface area (Å²) in [6, 6.07) is 7.41. The van der Waals surface area contributed by atoms with Gasteiger partial charge in [0.2, 0.25) is 0 Å². The molecule has 2 N–H and O–H groups in total. The molecule has 1 heterocycles. The standard InChI is InChI=1S/C16H21ClN2O2/c1-2-3-9-21-10-5-8-18-16(20)14-11-12-6-4-7-13(17)15(12)19-14/h4,6-7,11,19H,2-3,5,8-10H2,1H3,(H,18,20). The van der Waals surface area contributed by atoms with E-state index in [1.54, 1.807) is 6.07 Å². The Hall–Kier alpha value is -1.52. The molecule has 0 aliphatic rings. The Morgan fingerprint density at radius 1 is 1.33 bits per heavy atom. The van der Waals surface area contributed by atoms with Gasteiger partial charge in [0.25, 0.3) is 5.91 Å². The largest absolute Gasteiger partial charge is 0.381 e. The van der Waals surface area contributed by atoms with E-state index in [-0.39, 0.29) is 5.91 Å². The molecule has 0 saturated carbocycles. The molecule has 4 nitrogen and oxygen atoms in total. The van der Waals surface area contributed by atoms with Crippen molar-refractivity contribution in [2.24, 2.45) is 0 Å². The second kappa shape index (κ2) is 8.05. The highest BCUT2D eigenvalue weighted by molar-refractivity contribution is 6.35. The number of unbranched alkanes of at least 4 members (excludes halogenated alkanes) is 1. The van der Waals surface area contributed by atoms with E-state index in [9.17, 15) is 4.79 Å². The van der Waals surface area contributed by atoms with E-state index in [0.29, 0.717) is 23.9 Å². The molecule has 0 fully saturated rings. The third-order valence-electron chi connectivity index (χ3n) is 3.24. The number of H-pyrrole nitrogens is 1. The second-order valence-corrected chi connectivity index (χ2v) is 5.37. The fraction of sp³-hybridized carbons (Fsp3) is 0.438.